The van der Waals surface area contributed by atoms with Crippen LogP contribution in [0.25, 0.3) is 11.1 Å². The van der Waals surface area contributed by atoms with E-state index in [0.717, 1.165) is 58.8 Å². The van der Waals surface area contributed by atoms with E-state index in [2.05, 4.69) is 88.0 Å². The molecule has 31 heavy (non-hydrogen) atoms. The zero-order valence-corrected chi connectivity index (χ0v) is 19.0. The van der Waals surface area contributed by atoms with Crippen molar-refractivity contribution in [2.24, 2.45) is 0 Å². The molecule has 5 nitrogen and oxygen atoms in total. The molecule has 0 aromatic heterocycles. The third-order valence-corrected chi connectivity index (χ3v) is 6.68. The van der Waals surface area contributed by atoms with Crippen LogP contribution >= 0.6 is 0 Å². The van der Waals surface area contributed by atoms with Crippen LogP contribution in [0.2, 0.25) is 0 Å². The molecular weight excluding hydrogens is 384 g/mol. The van der Waals surface area contributed by atoms with E-state index in [1.54, 1.807) is 0 Å². The first kappa shape index (κ1) is 21.8. The first-order valence-corrected chi connectivity index (χ1v) is 11.7. The maximum absolute atomic E-state index is 12.8. The lowest BCUT2D eigenvalue weighted by atomic mass is 10.1. The van der Waals surface area contributed by atoms with E-state index in [1.807, 2.05) is 0 Å². The van der Waals surface area contributed by atoms with Crippen LogP contribution in [0.1, 0.15) is 20.3 Å². The highest BCUT2D eigenvalue weighted by atomic mass is 16.2. The Hall–Kier alpha value is -2.37. The first-order valence-electron chi connectivity index (χ1n) is 11.7. The van der Waals surface area contributed by atoms with Crippen molar-refractivity contribution in [1.29, 1.82) is 0 Å². The number of benzene rings is 2. The van der Waals surface area contributed by atoms with Gasteiger partial charge in [0.05, 0.1) is 6.54 Å². The standard InChI is InChI=1S/C26H36N4O/c1-22(2)28-17-19-30(20-18-28)26(31)21-27-13-6-14-29(16-15-27)25-11-9-24(10-12-25)23-7-4-3-5-8-23/h3-5,7-12,22H,6,13-21H2,1-2H3. The Balaban J connectivity index is 1.28. The van der Waals surface area contributed by atoms with Crippen molar-refractivity contribution in [3.63, 3.8) is 0 Å². The minimum absolute atomic E-state index is 0.295. The molecule has 2 heterocycles. The van der Waals surface area contributed by atoms with Gasteiger partial charge in [-0.15, -0.1) is 0 Å². The minimum Gasteiger partial charge on any atom is -0.370 e. The normalized spacial score (nSPS) is 18.9. The molecule has 2 aromatic carbocycles. The Kier molecular flexibility index (Phi) is 7.25. The summed E-state index contributed by atoms with van der Waals surface area (Å²) < 4.78 is 0. The monoisotopic (exact) mass is 420 g/mol. The second kappa shape index (κ2) is 10.3. The molecule has 0 atom stereocenters. The maximum Gasteiger partial charge on any atom is 0.236 e. The van der Waals surface area contributed by atoms with Gasteiger partial charge in [-0.2, -0.15) is 0 Å². The van der Waals surface area contributed by atoms with Gasteiger partial charge >= 0.3 is 0 Å². The van der Waals surface area contributed by atoms with E-state index in [-0.39, 0.29) is 0 Å². The maximum atomic E-state index is 12.8. The minimum atomic E-state index is 0.295. The highest BCUT2D eigenvalue weighted by Crippen LogP contribution is 2.24. The molecule has 0 unspecified atom stereocenters. The summed E-state index contributed by atoms with van der Waals surface area (Å²) in [6.45, 7) is 12.7. The van der Waals surface area contributed by atoms with Gasteiger partial charge in [-0.3, -0.25) is 14.6 Å². The van der Waals surface area contributed by atoms with E-state index in [9.17, 15) is 4.79 Å². The summed E-state index contributed by atoms with van der Waals surface area (Å²) in [5.41, 5.74) is 3.78. The summed E-state index contributed by atoms with van der Waals surface area (Å²) in [7, 11) is 0. The Morgan fingerprint density at radius 2 is 1.45 bits per heavy atom. The second-order valence-electron chi connectivity index (χ2n) is 9.04. The number of hydrogen-bond donors (Lipinski definition) is 0. The smallest absolute Gasteiger partial charge is 0.236 e. The molecule has 166 valence electrons. The van der Waals surface area contributed by atoms with Crippen molar-refractivity contribution in [2.45, 2.75) is 26.3 Å². The van der Waals surface area contributed by atoms with Gasteiger partial charge < -0.3 is 9.80 Å². The second-order valence-corrected chi connectivity index (χ2v) is 9.04. The molecule has 2 saturated heterocycles. The fraction of sp³-hybridized carbons (Fsp3) is 0.500. The number of nitrogens with zero attached hydrogens (tertiary/aromatic N) is 4. The summed E-state index contributed by atoms with van der Waals surface area (Å²) >= 11 is 0. The average molecular weight is 421 g/mol. The largest absolute Gasteiger partial charge is 0.370 e. The average Bonchev–Trinajstić information content (AvgIpc) is 3.05. The third-order valence-electron chi connectivity index (χ3n) is 6.68. The van der Waals surface area contributed by atoms with Gasteiger partial charge in [0, 0.05) is 64.1 Å². The predicted molar refractivity (Wildman–Crippen MR) is 128 cm³/mol. The summed E-state index contributed by atoms with van der Waals surface area (Å²) in [6, 6.07) is 20.0. The summed E-state index contributed by atoms with van der Waals surface area (Å²) in [4.78, 5) is 22.1. The molecule has 2 fully saturated rings. The zero-order chi connectivity index (χ0) is 21.6. The van der Waals surface area contributed by atoms with Gasteiger partial charge in [-0.25, -0.2) is 0 Å². The molecule has 5 heteroatoms. The number of anilines is 1. The number of carbonyl (C=O) groups is 1. The van der Waals surface area contributed by atoms with Crippen molar-refractivity contribution < 1.29 is 4.79 Å². The van der Waals surface area contributed by atoms with E-state index < -0.39 is 0 Å². The number of piperazine rings is 1. The lowest BCUT2D eigenvalue weighted by Gasteiger charge is -2.37. The molecule has 0 bridgehead atoms. The van der Waals surface area contributed by atoms with Crippen LogP contribution < -0.4 is 4.90 Å². The van der Waals surface area contributed by atoms with Crippen LogP contribution in [-0.4, -0.2) is 85.6 Å². The van der Waals surface area contributed by atoms with Crippen molar-refractivity contribution in [1.82, 2.24) is 14.7 Å². The molecule has 0 N–H and O–H groups in total. The van der Waals surface area contributed by atoms with E-state index in [1.165, 1.54) is 16.8 Å². The van der Waals surface area contributed by atoms with Crippen LogP contribution in [0.5, 0.6) is 0 Å². The van der Waals surface area contributed by atoms with Crippen LogP contribution in [0.3, 0.4) is 0 Å². The van der Waals surface area contributed by atoms with Crippen molar-refractivity contribution in [3.05, 3.63) is 54.6 Å². The Morgan fingerprint density at radius 1 is 0.774 bits per heavy atom. The molecule has 0 aliphatic carbocycles. The van der Waals surface area contributed by atoms with Gasteiger partial charge in [0.2, 0.25) is 5.91 Å². The van der Waals surface area contributed by atoms with Gasteiger partial charge in [-0.1, -0.05) is 42.5 Å². The van der Waals surface area contributed by atoms with Crippen LogP contribution in [0.15, 0.2) is 54.6 Å². The Morgan fingerprint density at radius 3 is 2.13 bits per heavy atom. The topological polar surface area (TPSA) is 30.0 Å². The Bertz CT molecular complexity index is 828. The quantitative estimate of drug-likeness (QED) is 0.742. The van der Waals surface area contributed by atoms with Gasteiger partial charge in [0.25, 0.3) is 0 Å². The molecule has 0 spiro atoms. The Labute approximate surface area is 187 Å². The highest BCUT2D eigenvalue weighted by Gasteiger charge is 2.24. The number of rotatable bonds is 5. The third kappa shape index (κ3) is 5.66. The van der Waals surface area contributed by atoms with Gasteiger partial charge in [-0.05, 0) is 43.5 Å². The molecule has 4 rings (SSSR count). The van der Waals surface area contributed by atoms with E-state index in [4.69, 9.17) is 0 Å². The lowest BCUT2D eigenvalue weighted by Crippen LogP contribution is -2.52. The van der Waals surface area contributed by atoms with Crippen LogP contribution in [-0.2, 0) is 4.79 Å². The zero-order valence-electron chi connectivity index (χ0n) is 19.0. The number of hydrogen-bond acceptors (Lipinski definition) is 4. The predicted octanol–water partition coefficient (Wildman–Crippen LogP) is 3.42. The first-order chi connectivity index (χ1) is 15.1. The van der Waals surface area contributed by atoms with Gasteiger partial charge in [0.15, 0.2) is 0 Å². The molecule has 1 amide bonds. The van der Waals surface area contributed by atoms with Crippen LogP contribution in [0.4, 0.5) is 5.69 Å². The lowest BCUT2D eigenvalue weighted by molar-refractivity contribution is -0.134. The molecule has 2 aliphatic rings. The van der Waals surface area contributed by atoms with Crippen molar-refractivity contribution in [2.75, 3.05) is 63.8 Å². The molecule has 2 aromatic rings. The molecular formula is C26H36N4O. The van der Waals surface area contributed by atoms with E-state index >= 15 is 0 Å². The fourth-order valence-electron chi connectivity index (χ4n) is 4.66. The molecule has 2 aliphatic heterocycles. The fourth-order valence-corrected chi connectivity index (χ4v) is 4.66. The summed E-state index contributed by atoms with van der Waals surface area (Å²) in [5, 5.41) is 0. The molecule has 0 saturated carbocycles. The van der Waals surface area contributed by atoms with Crippen molar-refractivity contribution in [3.8, 4) is 11.1 Å². The summed E-state index contributed by atoms with van der Waals surface area (Å²) in [6.07, 6.45) is 1.09. The van der Waals surface area contributed by atoms with Gasteiger partial charge in [0.1, 0.15) is 0 Å². The highest BCUT2D eigenvalue weighted by molar-refractivity contribution is 5.78. The molecule has 0 radical (unpaired) electrons. The van der Waals surface area contributed by atoms with Crippen LogP contribution in [0, 0.1) is 0 Å². The summed E-state index contributed by atoms with van der Waals surface area (Å²) in [5.74, 6) is 0.295. The number of amides is 1. The van der Waals surface area contributed by atoms with Crippen molar-refractivity contribution >= 4 is 11.6 Å². The van der Waals surface area contributed by atoms with E-state index in [0.29, 0.717) is 18.5 Å². The number of carbonyl (C=O) groups excluding carboxylic acids is 1. The SMILES string of the molecule is CC(C)N1CCN(C(=O)CN2CCCN(c3ccc(-c4ccccc4)cc3)CC2)CC1.